The first-order chi connectivity index (χ1) is 20.0. The molecule has 0 atom stereocenters. The Morgan fingerprint density at radius 1 is 1.07 bits per heavy atom. The van der Waals surface area contributed by atoms with Gasteiger partial charge in [0, 0.05) is 31.9 Å². The number of pyridine rings is 1. The number of piperazine rings is 1. The van der Waals surface area contributed by atoms with Gasteiger partial charge in [-0.2, -0.15) is 4.98 Å². The molecule has 1 amide bonds. The predicted octanol–water partition coefficient (Wildman–Crippen LogP) is 4.69. The fraction of sp³-hybridized carbons (Fsp3) is 0.333. The van der Waals surface area contributed by atoms with Crippen molar-refractivity contribution in [3.05, 3.63) is 76.0 Å². The highest BCUT2D eigenvalue weighted by molar-refractivity contribution is 6.34. The third kappa shape index (κ3) is 5.09. The number of aromatic nitrogens is 5. The van der Waals surface area contributed by atoms with Crippen molar-refractivity contribution in [1.82, 2.24) is 29.4 Å². The summed E-state index contributed by atoms with van der Waals surface area (Å²) in [6, 6.07) is 5.98. The van der Waals surface area contributed by atoms with Crippen LogP contribution in [-0.2, 0) is 4.79 Å². The van der Waals surface area contributed by atoms with Gasteiger partial charge >= 0.3 is 5.69 Å². The Morgan fingerprint density at radius 3 is 2.29 bits per heavy atom. The van der Waals surface area contributed by atoms with Gasteiger partial charge in [0.1, 0.15) is 18.0 Å². The zero-order valence-electron chi connectivity index (χ0n) is 23.9. The molecule has 1 fully saturated rings. The van der Waals surface area contributed by atoms with Crippen molar-refractivity contribution in [1.29, 1.82) is 0 Å². The van der Waals surface area contributed by atoms with Gasteiger partial charge in [0.15, 0.2) is 5.65 Å². The van der Waals surface area contributed by atoms with E-state index in [0.717, 1.165) is 0 Å². The maximum absolute atomic E-state index is 15.1. The molecule has 5 rings (SSSR count). The molecule has 1 aliphatic rings. The summed E-state index contributed by atoms with van der Waals surface area (Å²) in [6.07, 6.45) is 2.77. The molecule has 0 bridgehead atoms. The fourth-order valence-corrected chi connectivity index (χ4v) is 5.51. The van der Waals surface area contributed by atoms with E-state index < -0.39 is 11.5 Å². The molecule has 4 aromatic rings. The van der Waals surface area contributed by atoms with Gasteiger partial charge in [-0.3, -0.25) is 4.79 Å². The van der Waals surface area contributed by atoms with Gasteiger partial charge in [-0.25, -0.2) is 28.7 Å². The molecular formula is C30H32ClFN8O2. The Labute approximate surface area is 247 Å². The number of hydrogen-bond donors (Lipinski definition) is 1. The van der Waals surface area contributed by atoms with Gasteiger partial charge < -0.3 is 15.5 Å². The van der Waals surface area contributed by atoms with Crippen LogP contribution in [0.25, 0.3) is 28.0 Å². The van der Waals surface area contributed by atoms with Crippen LogP contribution in [0.3, 0.4) is 0 Å². The third-order valence-electron chi connectivity index (χ3n) is 7.35. The summed E-state index contributed by atoms with van der Waals surface area (Å²) in [6.45, 7) is 13.2. The minimum atomic E-state index is -0.594. The van der Waals surface area contributed by atoms with Gasteiger partial charge in [-0.1, -0.05) is 51.9 Å². The standard InChI is InChI=1S/C30H32ClFN8O2/c1-6-22(41)38-10-12-39(13-11-38)28-18-14-19(31)26(23-20(32)8-7-9-21(23)33)36-29(18)40(30(42)37-28)27-24(16(2)3)34-15-35-25(27)17(4)5/h6-9,14-17H,1,10-13,33H2,2-5H3. The summed E-state index contributed by atoms with van der Waals surface area (Å²) in [7, 11) is 0. The topological polar surface area (TPSA) is 123 Å². The minimum absolute atomic E-state index is 0.0378. The van der Waals surface area contributed by atoms with E-state index in [0.29, 0.717) is 54.5 Å². The number of fused-ring (bicyclic) bond motifs is 1. The number of halogens is 2. The second-order valence-electron chi connectivity index (χ2n) is 10.8. The van der Waals surface area contributed by atoms with Crippen LogP contribution in [0.1, 0.15) is 50.9 Å². The third-order valence-corrected chi connectivity index (χ3v) is 7.63. The van der Waals surface area contributed by atoms with E-state index >= 15 is 4.39 Å². The van der Waals surface area contributed by atoms with Crippen molar-refractivity contribution < 1.29 is 9.18 Å². The summed E-state index contributed by atoms with van der Waals surface area (Å²) in [5, 5.41) is 0.625. The highest BCUT2D eigenvalue weighted by Gasteiger charge is 2.28. The number of carbonyl (C=O) groups is 1. The smallest absolute Gasteiger partial charge is 0.355 e. The first-order valence-corrected chi connectivity index (χ1v) is 14.1. The number of amides is 1. The summed E-state index contributed by atoms with van der Waals surface area (Å²) < 4.78 is 16.5. The number of nitrogens with zero attached hydrogens (tertiary/aromatic N) is 7. The second kappa shape index (κ2) is 11.5. The monoisotopic (exact) mass is 590 g/mol. The lowest BCUT2D eigenvalue weighted by Gasteiger charge is -2.35. The average molecular weight is 591 g/mol. The van der Waals surface area contributed by atoms with Crippen LogP contribution in [0.4, 0.5) is 15.9 Å². The van der Waals surface area contributed by atoms with E-state index in [-0.39, 0.29) is 45.4 Å². The second-order valence-corrected chi connectivity index (χ2v) is 11.2. The number of anilines is 2. The number of rotatable bonds is 6. The van der Waals surface area contributed by atoms with Crippen LogP contribution < -0.4 is 16.3 Å². The van der Waals surface area contributed by atoms with Crippen LogP contribution in [-0.4, -0.2) is 61.5 Å². The molecule has 0 spiro atoms. The van der Waals surface area contributed by atoms with E-state index in [1.807, 2.05) is 32.6 Å². The van der Waals surface area contributed by atoms with E-state index in [1.165, 1.54) is 29.1 Å². The van der Waals surface area contributed by atoms with Crippen LogP contribution in [0.2, 0.25) is 5.02 Å². The molecule has 0 saturated carbocycles. The van der Waals surface area contributed by atoms with Crippen molar-refractivity contribution in [2.24, 2.45) is 0 Å². The van der Waals surface area contributed by atoms with Crippen molar-refractivity contribution in [3.8, 4) is 16.9 Å². The molecule has 4 heterocycles. The Kier molecular flexibility index (Phi) is 7.96. The van der Waals surface area contributed by atoms with Crippen molar-refractivity contribution in [2.75, 3.05) is 36.8 Å². The molecule has 218 valence electrons. The molecule has 0 unspecified atom stereocenters. The maximum Gasteiger partial charge on any atom is 0.355 e. The molecule has 0 radical (unpaired) electrons. The quantitative estimate of drug-likeness (QED) is 0.253. The highest BCUT2D eigenvalue weighted by Crippen LogP contribution is 2.38. The van der Waals surface area contributed by atoms with Crippen molar-refractivity contribution in [3.63, 3.8) is 0 Å². The molecule has 10 nitrogen and oxygen atoms in total. The van der Waals surface area contributed by atoms with Gasteiger partial charge in [-0.05, 0) is 36.1 Å². The molecule has 1 aliphatic heterocycles. The molecule has 0 aliphatic carbocycles. The number of nitrogen functional groups attached to an aromatic ring is 1. The van der Waals surface area contributed by atoms with E-state index in [2.05, 4.69) is 21.5 Å². The van der Waals surface area contributed by atoms with Crippen molar-refractivity contribution >= 4 is 40.0 Å². The number of carbonyl (C=O) groups excluding carboxylic acids is 1. The molecule has 3 aromatic heterocycles. The Bertz CT molecular complexity index is 1720. The molecule has 42 heavy (non-hydrogen) atoms. The zero-order valence-corrected chi connectivity index (χ0v) is 24.7. The summed E-state index contributed by atoms with van der Waals surface area (Å²) in [5.74, 6) is -0.512. The van der Waals surface area contributed by atoms with E-state index in [4.69, 9.17) is 22.3 Å². The maximum atomic E-state index is 15.1. The lowest BCUT2D eigenvalue weighted by atomic mass is 10.0. The van der Waals surface area contributed by atoms with Crippen LogP contribution >= 0.6 is 11.6 Å². The van der Waals surface area contributed by atoms with E-state index in [1.54, 1.807) is 17.0 Å². The SMILES string of the molecule is C=CC(=O)N1CCN(c2nc(=O)n(-c3c(C(C)C)ncnc3C(C)C)c3nc(-c4c(N)cccc4F)c(Cl)cc23)CC1. The largest absolute Gasteiger partial charge is 0.398 e. The van der Waals surface area contributed by atoms with Crippen LogP contribution in [0.5, 0.6) is 0 Å². The number of nitrogens with two attached hydrogens (primary N) is 1. The molecule has 2 N–H and O–H groups in total. The highest BCUT2D eigenvalue weighted by atomic mass is 35.5. The first-order valence-electron chi connectivity index (χ1n) is 13.7. The van der Waals surface area contributed by atoms with Gasteiger partial charge in [-0.15, -0.1) is 0 Å². The van der Waals surface area contributed by atoms with Crippen LogP contribution in [0, 0.1) is 5.82 Å². The summed E-state index contributed by atoms with van der Waals surface area (Å²) in [5.41, 5.74) is 7.87. The zero-order chi connectivity index (χ0) is 30.3. The number of benzene rings is 1. The normalized spacial score (nSPS) is 13.8. The van der Waals surface area contributed by atoms with Gasteiger partial charge in [0.25, 0.3) is 0 Å². The lowest BCUT2D eigenvalue weighted by Crippen LogP contribution is -2.49. The van der Waals surface area contributed by atoms with Crippen molar-refractivity contribution in [2.45, 2.75) is 39.5 Å². The summed E-state index contributed by atoms with van der Waals surface area (Å²) in [4.78, 5) is 48.2. The van der Waals surface area contributed by atoms with Crippen LogP contribution in [0.15, 0.2) is 48.0 Å². The average Bonchev–Trinajstić information content (AvgIpc) is 2.96. The lowest BCUT2D eigenvalue weighted by molar-refractivity contribution is -0.126. The Morgan fingerprint density at radius 2 is 1.71 bits per heavy atom. The van der Waals surface area contributed by atoms with E-state index in [9.17, 15) is 9.59 Å². The van der Waals surface area contributed by atoms with Gasteiger partial charge in [0.2, 0.25) is 5.91 Å². The molecular weight excluding hydrogens is 559 g/mol. The summed E-state index contributed by atoms with van der Waals surface area (Å²) >= 11 is 6.77. The molecule has 12 heteroatoms. The predicted molar refractivity (Wildman–Crippen MR) is 163 cm³/mol. The Balaban J connectivity index is 1.84. The molecule has 1 saturated heterocycles. The Hall–Kier alpha value is -4.38. The minimum Gasteiger partial charge on any atom is -0.398 e. The van der Waals surface area contributed by atoms with Gasteiger partial charge in [0.05, 0.1) is 38.7 Å². The molecule has 1 aromatic carbocycles. The number of hydrogen-bond acceptors (Lipinski definition) is 8. The fourth-order valence-electron chi connectivity index (χ4n) is 5.26. The first kappa shape index (κ1) is 29.1.